The van der Waals surface area contributed by atoms with Crippen LogP contribution in [0.1, 0.15) is 22.6 Å². The largest absolute Gasteiger partial charge is 0.337 e. The predicted molar refractivity (Wildman–Crippen MR) is 133 cm³/mol. The Morgan fingerprint density at radius 2 is 1.89 bits per heavy atom. The number of hydrogen-bond acceptors (Lipinski definition) is 6. The molecule has 4 heterocycles. The van der Waals surface area contributed by atoms with Crippen molar-refractivity contribution >= 4 is 28.3 Å². The molecule has 0 unspecified atom stereocenters. The van der Waals surface area contributed by atoms with Gasteiger partial charge in [-0.2, -0.15) is 5.10 Å². The van der Waals surface area contributed by atoms with E-state index in [-0.39, 0.29) is 17.3 Å². The van der Waals surface area contributed by atoms with Crippen molar-refractivity contribution in [2.75, 3.05) is 26.2 Å². The molecule has 0 atom stereocenters. The molecule has 8 nitrogen and oxygen atoms in total. The summed E-state index contributed by atoms with van der Waals surface area (Å²) in [6.07, 6.45) is 5.13. The Kier molecular flexibility index (Phi) is 6.31. The van der Waals surface area contributed by atoms with Crippen molar-refractivity contribution in [2.45, 2.75) is 20.4 Å². The van der Waals surface area contributed by atoms with Crippen LogP contribution in [0.15, 0.2) is 52.8 Å². The second-order valence-electron chi connectivity index (χ2n) is 8.55. The molecule has 0 saturated carbocycles. The topological polar surface area (TPSA) is 75.7 Å². The Hall–Kier alpha value is -3.63. The second kappa shape index (κ2) is 9.55. The first kappa shape index (κ1) is 23.1. The number of amides is 1. The van der Waals surface area contributed by atoms with E-state index in [2.05, 4.69) is 15.0 Å². The molecule has 10 heteroatoms. The van der Waals surface area contributed by atoms with Gasteiger partial charge in [-0.3, -0.25) is 18.9 Å². The molecule has 0 radical (unpaired) electrons. The summed E-state index contributed by atoms with van der Waals surface area (Å²) in [5.41, 5.74) is 4.01. The minimum atomic E-state index is -0.296. The number of piperazine rings is 1. The zero-order valence-electron chi connectivity index (χ0n) is 19.5. The molecule has 4 aromatic rings. The lowest BCUT2D eigenvalue weighted by atomic mass is 10.1. The maximum Gasteiger partial charge on any atom is 0.258 e. The molecule has 1 aromatic carbocycles. The quantitative estimate of drug-likeness (QED) is 0.401. The fraction of sp³-hybridized carbons (Fsp3) is 0.280. The van der Waals surface area contributed by atoms with Crippen LogP contribution in [-0.2, 0) is 11.3 Å². The Morgan fingerprint density at radius 1 is 1.14 bits per heavy atom. The fourth-order valence-corrected chi connectivity index (χ4v) is 5.05. The van der Waals surface area contributed by atoms with Crippen LogP contribution in [0.25, 0.3) is 16.7 Å². The SMILES string of the molecule is Cc1nn(-c2ccc(F)cc2)c(C)c1C=CC(=O)N1CCN(Cc2cc(=O)n3ccsc3n2)CC1. The van der Waals surface area contributed by atoms with Crippen molar-refractivity contribution < 1.29 is 9.18 Å². The van der Waals surface area contributed by atoms with Gasteiger partial charge in [0.15, 0.2) is 4.96 Å². The Labute approximate surface area is 205 Å². The van der Waals surface area contributed by atoms with E-state index in [0.29, 0.717) is 37.7 Å². The van der Waals surface area contributed by atoms with Gasteiger partial charge < -0.3 is 4.90 Å². The van der Waals surface area contributed by atoms with Crippen LogP contribution in [0.2, 0.25) is 0 Å². The van der Waals surface area contributed by atoms with Crippen molar-refractivity contribution in [2.24, 2.45) is 0 Å². The van der Waals surface area contributed by atoms with E-state index in [9.17, 15) is 14.0 Å². The standard InChI is InChI=1S/C25H25FN6O2S/c1-17-22(18(2)32(28-17)21-5-3-19(26)4-6-21)7-8-23(33)30-11-9-29(10-12-30)16-20-15-24(34)31-13-14-35-25(31)27-20/h3-8,13-15H,9-12,16H2,1-2H3. The first-order valence-electron chi connectivity index (χ1n) is 11.4. The third kappa shape index (κ3) is 4.80. The molecule has 0 spiro atoms. The lowest BCUT2D eigenvalue weighted by Gasteiger charge is -2.34. The highest BCUT2D eigenvalue weighted by molar-refractivity contribution is 7.15. The molecule has 1 aliphatic rings. The van der Waals surface area contributed by atoms with E-state index >= 15 is 0 Å². The average molecular weight is 493 g/mol. The highest BCUT2D eigenvalue weighted by Gasteiger charge is 2.21. The minimum absolute atomic E-state index is 0.0469. The predicted octanol–water partition coefficient (Wildman–Crippen LogP) is 3.06. The zero-order chi connectivity index (χ0) is 24.5. The second-order valence-corrected chi connectivity index (χ2v) is 9.42. The molecule has 0 aliphatic carbocycles. The zero-order valence-corrected chi connectivity index (χ0v) is 20.3. The molecule has 180 valence electrons. The lowest BCUT2D eigenvalue weighted by molar-refractivity contribution is -0.127. The van der Waals surface area contributed by atoms with Crippen molar-refractivity contribution in [1.82, 2.24) is 29.0 Å². The van der Waals surface area contributed by atoms with Crippen LogP contribution in [0.3, 0.4) is 0 Å². The molecule has 1 fully saturated rings. The highest BCUT2D eigenvalue weighted by atomic mass is 32.1. The third-order valence-corrected chi connectivity index (χ3v) is 6.99. The number of aryl methyl sites for hydroxylation is 1. The summed E-state index contributed by atoms with van der Waals surface area (Å²) in [5, 5.41) is 6.40. The van der Waals surface area contributed by atoms with Crippen LogP contribution < -0.4 is 5.56 Å². The number of carbonyl (C=O) groups is 1. The molecule has 0 bridgehead atoms. The number of nitrogens with zero attached hydrogens (tertiary/aromatic N) is 6. The maximum atomic E-state index is 13.3. The van der Waals surface area contributed by atoms with E-state index in [0.717, 1.165) is 28.3 Å². The van der Waals surface area contributed by atoms with Gasteiger partial charge in [0.05, 0.1) is 17.1 Å². The maximum absolute atomic E-state index is 13.3. The smallest absolute Gasteiger partial charge is 0.258 e. The summed E-state index contributed by atoms with van der Waals surface area (Å²) >= 11 is 1.44. The van der Waals surface area contributed by atoms with Crippen LogP contribution in [0, 0.1) is 19.7 Å². The van der Waals surface area contributed by atoms with Gasteiger partial charge in [0, 0.05) is 67.7 Å². The van der Waals surface area contributed by atoms with E-state index in [1.807, 2.05) is 24.1 Å². The van der Waals surface area contributed by atoms with Crippen molar-refractivity contribution in [1.29, 1.82) is 0 Å². The number of fused-ring (bicyclic) bond motifs is 1. The van der Waals surface area contributed by atoms with Gasteiger partial charge in [-0.05, 0) is 44.2 Å². The average Bonchev–Trinajstić information content (AvgIpc) is 3.43. The van der Waals surface area contributed by atoms with E-state index in [1.165, 1.54) is 23.5 Å². The molecule has 3 aromatic heterocycles. The van der Waals surface area contributed by atoms with Crippen molar-refractivity contribution in [3.8, 4) is 5.69 Å². The van der Waals surface area contributed by atoms with Crippen molar-refractivity contribution in [3.63, 3.8) is 0 Å². The summed E-state index contributed by atoms with van der Waals surface area (Å²) in [7, 11) is 0. The monoisotopic (exact) mass is 492 g/mol. The summed E-state index contributed by atoms with van der Waals surface area (Å²) in [6.45, 7) is 7.05. The van der Waals surface area contributed by atoms with Gasteiger partial charge in [0.1, 0.15) is 5.82 Å². The lowest BCUT2D eigenvalue weighted by Crippen LogP contribution is -2.48. The first-order valence-corrected chi connectivity index (χ1v) is 12.2. The fourth-order valence-electron chi connectivity index (χ4n) is 4.31. The van der Waals surface area contributed by atoms with Crippen molar-refractivity contribution in [3.05, 3.63) is 86.8 Å². The van der Waals surface area contributed by atoms with Gasteiger partial charge in [-0.15, -0.1) is 11.3 Å². The Balaban J connectivity index is 1.21. The molecule has 5 rings (SSSR count). The van der Waals surface area contributed by atoms with E-state index in [1.54, 1.807) is 45.6 Å². The molecule has 1 amide bonds. The molecule has 1 aliphatic heterocycles. The normalized spacial score (nSPS) is 14.9. The number of halogens is 1. The Morgan fingerprint density at radius 3 is 2.63 bits per heavy atom. The molecule has 35 heavy (non-hydrogen) atoms. The van der Waals surface area contributed by atoms with Crippen LogP contribution >= 0.6 is 11.3 Å². The third-order valence-electron chi connectivity index (χ3n) is 6.24. The number of benzene rings is 1. The number of hydrogen-bond donors (Lipinski definition) is 0. The van der Waals surface area contributed by atoms with E-state index in [4.69, 9.17) is 0 Å². The van der Waals surface area contributed by atoms with Crippen LogP contribution in [0.4, 0.5) is 4.39 Å². The molecular weight excluding hydrogens is 467 g/mol. The van der Waals surface area contributed by atoms with Gasteiger partial charge >= 0.3 is 0 Å². The minimum Gasteiger partial charge on any atom is -0.337 e. The first-order chi connectivity index (χ1) is 16.9. The van der Waals surface area contributed by atoms with E-state index < -0.39 is 0 Å². The van der Waals surface area contributed by atoms with Gasteiger partial charge in [-0.25, -0.2) is 14.1 Å². The number of thiazole rings is 1. The molecular formula is C25H25FN6O2S. The number of rotatable bonds is 5. The summed E-state index contributed by atoms with van der Waals surface area (Å²) in [5.74, 6) is -0.343. The van der Waals surface area contributed by atoms with Gasteiger partial charge in [0.25, 0.3) is 5.56 Å². The van der Waals surface area contributed by atoms with Gasteiger partial charge in [-0.1, -0.05) is 0 Å². The Bertz CT molecular complexity index is 1460. The highest BCUT2D eigenvalue weighted by Crippen LogP contribution is 2.20. The molecule has 1 saturated heterocycles. The number of carbonyl (C=O) groups excluding carboxylic acids is 1. The van der Waals surface area contributed by atoms with Gasteiger partial charge in [0.2, 0.25) is 5.91 Å². The number of aromatic nitrogens is 4. The summed E-state index contributed by atoms with van der Waals surface area (Å²) < 4.78 is 16.6. The van der Waals surface area contributed by atoms with Crippen LogP contribution in [-0.4, -0.2) is 61.1 Å². The summed E-state index contributed by atoms with van der Waals surface area (Å²) in [4.78, 5) is 34.3. The van der Waals surface area contributed by atoms with Crippen LogP contribution in [0.5, 0.6) is 0 Å². The summed E-state index contributed by atoms with van der Waals surface area (Å²) in [6, 6.07) is 7.74. The molecule has 0 N–H and O–H groups in total.